The molecule has 3 rings (SSSR count). The molecule has 0 saturated carbocycles. The molecule has 0 aliphatic heterocycles. The van der Waals surface area contributed by atoms with E-state index in [2.05, 4.69) is 36.7 Å². The summed E-state index contributed by atoms with van der Waals surface area (Å²) < 4.78 is 1.99. The van der Waals surface area contributed by atoms with Gasteiger partial charge in [-0.25, -0.2) is 4.98 Å². The molecule has 0 bridgehead atoms. The van der Waals surface area contributed by atoms with Gasteiger partial charge in [0, 0.05) is 11.8 Å². The Kier molecular flexibility index (Phi) is 2.41. The molecular formula is C14H12N2S. The van der Waals surface area contributed by atoms with Gasteiger partial charge in [-0.3, -0.25) is 4.40 Å². The van der Waals surface area contributed by atoms with Crippen molar-refractivity contribution in [3.05, 3.63) is 54.2 Å². The van der Waals surface area contributed by atoms with E-state index in [1.807, 2.05) is 40.9 Å². The molecule has 1 aromatic carbocycles. The molecule has 0 radical (unpaired) electrons. The van der Waals surface area contributed by atoms with E-state index < -0.39 is 0 Å². The van der Waals surface area contributed by atoms with Crippen LogP contribution in [0.3, 0.4) is 0 Å². The number of pyridine rings is 1. The minimum absolute atomic E-state index is 0.884. The molecule has 3 heteroatoms. The molecule has 84 valence electrons. The predicted octanol–water partition coefficient (Wildman–Crippen LogP) is 3.60. The van der Waals surface area contributed by atoms with Crippen molar-refractivity contribution in [3.8, 4) is 11.3 Å². The number of aryl methyl sites for hydroxylation is 1. The van der Waals surface area contributed by atoms with Crippen LogP contribution in [0, 0.1) is 6.92 Å². The van der Waals surface area contributed by atoms with Crippen LogP contribution in [0.25, 0.3) is 16.9 Å². The van der Waals surface area contributed by atoms with Crippen molar-refractivity contribution in [1.82, 2.24) is 9.38 Å². The smallest absolute Gasteiger partial charge is 0.138 e. The van der Waals surface area contributed by atoms with Crippen molar-refractivity contribution >= 4 is 18.3 Å². The summed E-state index contributed by atoms with van der Waals surface area (Å²) in [7, 11) is 0. The molecule has 0 aliphatic carbocycles. The number of benzene rings is 1. The second-order valence-corrected chi connectivity index (χ2v) is 4.45. The summed E-state index contributed by atoms with van der Waals surface area (Å²) in [5, 5.41) is 0.884. The van der Waals surface area contributed by atoms with Gasteiger partial charge in [-0.1, -0.05) is 30.3 Å². The van der Waals surface area contributed by atoms with Crippen molar-refractivity contribution < 1.29 is 0 Å². The Morgan fingerprint density at radius 2 is 1.82 bits per heavy atom. The molecule has 0 fully saturated rings. The van der Waals surface area contributed by atoms with Crippen molar-refractivity contribution in [2.75, 3.05) is 0 Å². The van der Waals surface area contributed by atoms with Crippen LogP contribution in [0.5, 0.6) is 0 Å². The first-order valence-electron chi connectivity index (χ1n) is 5.49. The van der Waals surface area contributed by atoms with Crippen LogP contribution in [0.15, 0.2) is 53.7 Å². The maximum atomic E-state index is 4.63. The number of fused-ring (bicyclic) bond motifs is 1. The SMILES string of the molecule is Cc1ccccc1-c1nc2ccccn2c1S. The van der Waals surface area contributed by atoms with Crippen molar-refractivity contribution in [3.63, 3.8) is 0 Å². The summed E-state index contributed by atoms with van der Waals surface area (Å²) in [5.41, 5.74) is 4.22. The average molecular weight is 240 g/mol. The maximum absolute atomic E-state index is 4.63. The molecule has 0 spiro atoms. The Morgan fingerprint density at radius 1 is 1.06 bits per heavy atom. The van der Waals surface area contributed by atoms with E-state index in [0.29, 0.717) is 0 Å². The van der Waals surface area contributed by atoms with E-state index in [9.17, 15) is 0 Å². The van der Waals surface area contributed by atoms with Crippen LogP contribution in [0.4, 0.5) is 0 Å². The van der Waals surface area contributed by atoms with E-state index >= 15 is 0 Å². The van der Waals surface area contributed by atoms with Gasteiger partial charge in [0.1, 0.15) is 16.4 Å². The summed E-state index contributed by atoms with van der Waals surface area (Å²) in [6.07, 6.45) is 1.98. The van der Waals surface area contributed by atoms with E-state index in [1.165, 1.54) is 5.56 Å². The van der Waals surface area contributed by atoms with Gasteiger partial charge < -0.3 is 0 Å². The zero-order valence-corrected chi connectivity index (χ0v) is 10.4. The third-order valence-electron chi connectivity index (χ3n) is 2.90. The van der Waals surface area contributed by atoms with Crippen LogP contribution in [-0.2, 0) is 0 Å². The van der Waals surface area contributed by atoms with E-state index in [0.717, 1.165) is 21.9 Å². The van der Waals surface area contributed by atoms with Gasteiger partial charge in [0.05, 0.1) is 0 Å². The number of imidazole rings is 1. The largest absolute Gasteiger partial charge is 0.294 e. The molecule has 0 amide bonds. The molecular weight excluding hydrogens is 228 g/mol. The summed E-state index contributed by atoms with van der Waals surface area (Å²) >= 11 is 4.57. The standard InChI is InChI=1S/C14H12N2S/c1-10-6-2-3-7-11(10)13-14(17)16-9-5-4-8-12(16)15-13/h2-9,17H,1H3. The molecule has 17 heavy (non-hydrogen) atoms. The molecule has 0 aliphatic rings. The van der Waals surface area contributed by atoms with Gasteiger partial charge in [-0.15, -0.1) is 12.6 Å². The summed E-state index contributed by atoms with van der Waals surface area (Å²) in [5.74, 6) is 0. The average Bonchev–Trinajstić information content (AvgIpc) is 2.68. The lowest BCUT2D eigenvalue weighted by Gasteiger charge is -2.02. The Balaban J connectivity index is 2.32. The first kappa shape index (κ1) is 10.4. The van der Waals surface area contributed by atoms with Gasteiger partial charge in [0.25, 0.3) is 0 Å². The van der Waals surface area contributed by atoms with Gasteiger partial charge in [0.2, 0.25) is 0 Å². The molecule has 0 saturated heterocycles. The maximum Gasteiger partial charge on any atom is 0.138 e. The first-order valence-corrected chi connectivity index (χ1v) is 5.94. The summed E-state index contributed by atoms with van der Waals surface area (Å²) in [4.78, 5) is 4.63. The normalized spacial score (nSPS) is 10.9. The monoisotopic (exact) mass is 240 g/mol. The van der Waals surface area contributed by atoms with Crippen LogP contribution < -0.4 is 0 Å². The summed E-state index contributed by atoms with van der Waals surface area (Å²) in [6.45, 7) is 2.09. The minimum Gasteiger partial charge on any atom is -0.294 e. The molecule has 0 atom stereocenters. The lowest BCUT2D eigenvalue weighted by molar-refractivity contribution is 1.06. The fourth-order valence-corrected chi connectivity index (χ4v) is 2.34. The fourth-order valence-electron chi connectivity index (χ4n) is 2.00. The number of rotatable bonds is 1. The highest BCUT2D eigenvalue weighted by molar-refractivity contribution is 7.80. The van der Waals surface area contributed by atoms with Gasteiger partial charge in [-0.05, 0) is 24.6 Å². The summed E-state index contributed by atoms with van der Waals surface area (Å²) in [6, 6.07) is 14.2. The third-order valence-corrected chi connectivity index (χ3v) is 3.33. The number of thiol groups is 1. The topological polar surface area (TPSA) is 17.3 Å². The number of hydrogen-bond donors (Lipinski definition) is 1. The Labute approximate surface area is 105 Å². The fraction of sp³-hybridized carbons (Fsp3) is 0.0714. The van der Waals surface area contributed by atoms with Crippen LogP contribution in [0.1, 0.15) is 5.56 Å². The molecule has 3 aromatic rings. The number of nitrogens with zero attached hydrogens (tertiary/aromatic N) is 2. The van der Waals surface area contributed by atoms with Crippen molar-refractivity contribution in [2.24, 2.45) is 0 Å². The zero-order chi connectivity index (χ0) is 11.8. The molecule has 2 heterocycles. The Morgan fingerprint density at radius 3 is 2.59 bits per heavy atom. The zero-order valence-electron chi connectivity index (χ0n) is 9.46. The van der Waals surface area contributed by atoms with Crippen LogP contribution in [0.2, 0.25) is 0 Å². The quantitative estimate of drug-likeness (QED) is 0.643. The second-order valence-electron chi connectivity index (χ2n) is 4.03. The molecule has 0 unspecified atom stereocenters. The Hall–Kier alpha value is -1.74. The predicted molar refractivity (Wildman–Crippen MR) is 72.6 cm³/mol. The highest BCUT2D eigenvalue weighted by atomic mass is 32.1. The highest BCUT2D eigenvalue weighted by Crippen LogP contribution is 2.29. The number of hydrogen-bond acceptors (Lipinski definition) is 2. The highest BCUT2D eigenvalue weighted by Gasteiger charge is 2.11. The van der Waals surface area contributed by atoms with Gasteiger partial charge in [0.15, 0.2) is 0 Å². The Bertz CT molecular complexity index is 686. The second kappa shape index (κ2) is 3.93. The van der Waals surface area contributed by atoms with E-state index in [1.54, 1.807) is 0 Å². The van der Waals surface area contributed by atoms with E-state index in [-0.39, 0.29) is 0 Å². The van der Waals surface area contributed by atoms with Crippen molar-refractivity contribution in [2.45, 2.75) is 11.9 Å². The molecule has 2 aromatic heterocycles. The van der Waals surface area contributed by atoms with Crippen molar-refractivity contribution in [1.29, 1.82) is 0 Å². The first-order chi connectivity index (χ1) is 8.27. The van der Waals surface area contributed by atoms with Crippen LogP contribution >= 0.6 is 12.6 Å². The van der Waals surface area contributed by atoms with Crippen LogP contribution in [-0.4, -0.2) is 9.38 Å². The molecule has 0 N–H and O–H groups in total. The van der Waals surface area contributed by atoms with Gasteiger partial charge in [-0.2, -0.15) is 0 Å². The third kappa shape index (κ3) is 1.63. The minimum atomic E-state index is 0.884. The lowest BCUT2D eigenvalue weighted by Crippen LogP contribution is -1.84. The number of aromatic nitrogens is 2. The van der Waals surface area contributed by atoms with Gasteiger partial charge >= 0.3 is 0 Å². The lowest BCUT2D eigenvalue weighted by atomic mass is 10.1. The van der Waals surface area contributed by atoms with E-state index in [4.69, 9.17) is 0 Å². The molecule has 2 nitrogen and oxygen atoms in total.